The van der Waals surface area contributed by atoms with Crippen molar-refractivity contribution in [3.8, 4) is 11.3 Å². The number of nitrogens with one attached hydrogen (secondary N) is 2. The maximum Gasteiger partial charge on any atom is 0.248 e. The van der Waals surface area contributed by atoms with Gasteiger partial charge >= 0.3 is 0 Å². The number of hydrogen-bond donors (Lipinski definition) is 2. The number of thiazole rings is 1. The lowest BCUT2D eigenvalue weighted by Crippen LogP contribution is -2.08. The Morgan fingerprint density at radius 1 is 1.10 bits per heavy atom. The van der Waals surface area contributed by atoms with Gasteiger partial charge in [-0.15, -0.1) is 0 Å². The molecule has 0 saturated heterocycles. The van der Waals surface area contributed by atoms with Gasteiger partial charge in [-0.05, 0) is 48.5 Å². The van der Waals surface area contributed by atoms with E-state index in [2.05, 4.69) is 31.5 Å². The molecule has 0 aliphatic carbocycles. The van der Waals surface area contributed by atoms with Gasteiger partial charge in [0.1, 0.15) is 11.5 Å². The predicted octanol–water partition coefficient (Wildman–Crippen LogP) is 6.32. The molecule has 0 atom stereocenters. The van der Waals surface area contributed by atoms with Gasteiger partial charge < -0.3 is 15.1 Å². The van der Waals surface area contributed by atoms with Crippen molar-refractivity contribution in [3.05, 3.63) is 70.9 Å². The quantitative estimate of drug-likeness (QED) is 0.306. The molecule has 0 aliphatic rings. The number of rotatable bonds is 6. The SMILES string of the molecule is CCC(=O)Nc1nc2ccc(NC(=O)/C=C/c3ccc(-c4ccc(Br)cc4)o3)cc2s1. The molecule has 2 amide bonds. The van der Waals surface area contributed by atoms with Crippen LogP contribution in [0.4, 0.5) is 10.8 Å². The molecule has 0 radical (unpaired) electrons. The molecule has 4 rings (SSSR count). The average molecular weight is 496 g/mol. The molecule has 0 bridgehead atoms. The Bertz CT molecular complexity index is 1270. The minimum atomic E-state index is -0.273. The van der Waals surface area contributed by atoms with E-state index in [0.29, 0.717) is 23.0 Å². The lowest BCUT2D eigenvalue weighted by Gasteiger charge is -2.01. The molecule has 8 heteroatoms. The number of benzene rings is 2. The van der Waals surface area contributed by atoms with Crippen LogP contribution in [0.3, 0.4) is 0 Å². The summed E-state index contributed by atoms with van der Waals surface area (Å²) in [6.45, 7) is 1.79. The maximum atomic E-state index is 12.3. The summed E-state index contributed by atoms with van der Waals surface area (Å²) >= 11 is 4.78. The van der Waals surface area contributed by atoms with Crippen molar-refractivity contribution in [2.24, 2.45) is 0 Å². The van der Waals surface area contributed by atoms with E-state index >= 15 is 0 Å². The van der Waals surface area contributed by atoms with Gasteiger partial charge in [-0.3, -0.25) is 9.59 Å². The summed E-state index contributed by atoms with van der Waals surface area (Å²) in [5, 5.41) is 6.13. The second-order valence-corrected chi connectivity index (χ2v) is 8.58. The summed E-state index contributed by atoms with van der Waals surface area (Å²) in [6, 6.07) is 16.9. The van der Waals surface area contributed by atoms with Crippen LogP contribution in [0.1, 0.15) is 19.1 Å². The zero-order valence-electron chi connectivity index (χ0n) is 16.5. The number of anilines is 2. The van der Waals surface area contributed by atoms with Crippen LogP contribution in [0.5, 0.6) is 0 Å². The standard InChI is InChI=1S/C23H18BrN3O3S/c1-2-21(28)27-23-26-18-10-7-16(13-20(18)31-23)25-22(29)12-9-17-8-11-19(30-17)14-3-5-15(24)6-4-14/h3-13H,2H2,1H3,(H,25,29)(H,26,27,28)/b12-9+. The lowest BCUT2D eigenvalue weighted by molar-refractivity contribution is -0.116. The number of halogens is 1. The minimum Gasteiger partial charge on any atom is -0.457 e. The van der Waals surface area contributed by atoms with Crippen LogP contribution in [-0.4, -0.2) is 16.8 Å². The first-order chi connectivity index (χ1) is 15.0. The van der Waals surface area contributed by atoms with Crippen molar-refractivity contribution in [2.75, 3.05) is 10.6 Å². The monoisotopic (exact) mass is 495 g/mol. The third-order valence-corrected chi connectivity index (χ3v) is 5.84. The summed E-state index contributed by atoms with van der Waals surface area (Å²) in [5.74, 6) is 0.959. The highest BCUT2D eigenvalue weighted by molar-refractivity contribution is 9.10. The fraction of sp³-hybridized carbons (Fsp3) is 0.0870. The first-order valence-electron chi connectivity index (χ1n) is 9.55. The average Bonchev–Trinajstić information content (AvgIpc) is 3.39. The van der Waals surface area contributed by atoms with Crippen LogP contribution in [0.15, 0.2) is 69.6 Å². The van der Waals surface area contributed by atoms with Crippen molar-refractivity contribution < 1.29 is 14.0 Å². The van der Waals surface area contributed by atoms with Crippen LogP contribution in [0.25, 0.3) is 27.6 Å². The van der Waals surface area contributed by atoms with E-state index in [1.807, 2.05) is 48.5 Å². The van der Waals surface area contributed by atoms with Gasteiger partial charge in [-0.2, -0.15) is 0 Å². The molecule has 0 unspecified atom stereocenters. The molecule has 2 aromatic carbocycles. The van der Waals surface area contributed by atoms with Gasteiger partial charge in [-0.1, -0.05) is 46.3 Å². The Morgan fingerprint density at radius 2 is 1.90 bits per heavy atom. The lowest BCUT2D eigenvalue weighted by atomic mass is 10.2. The van der Waals surface area contributed by atoms with Crippen LogP contribution in [0.2, 0.25) is 0 Å². The van der Waals surface area contributed by atoms with E-state index < -0.39 is 0 Å². The molecule has 2 aromatic heterocycles. The maximum absolute atomic E-state index is 12.3. The molecule has 6 nitrogen and oxygen atoms in total. The number of fused-ring (bicyclic) bond motifs is 1. The highest BCUT2D eigenvalue weighted by Gasteiger charge is 2.08. The molecule has 0 saturated carbocycles. The number of amides is 2. The summed E-state index contributed by atoms with van der Waals surface area (Å²) in [4.78, 5) is 28.2. The highest BCUT2D eigenvalue weighted by atomic mass is 79.9. The smallest absolute Gasteiger partial charge is 0.248 e. The van der Waals surface area contributed by atoms with Crippen LogP contribution in [0, 0.1) is 0 Å². The molecule has 2 heterocycles. The van der Waals surface area contributed by atoms with E-state index in [0.717, 1.165) is 26.0 Å². The number of aromatic nitrogens is 1. The van der Waals surface area contributed by atoms with Gasteiger partial charge in [-0.25, -0.2) is 4.98 Å². The fourth-order valence-electron chi connectivity index (χ4n) is 2.82. The molecule has 2 N–H and O–H groups in total. The summed E-state index contributed by atoms with van der Waals surface area (Å²) in [6.07, 6.45) is 3.44. The first kappa shape index (κ1) is 21.0. The third-order valence-electron chi connectivity index (χ3n) is 4.38. The zero-order chi connectivity index (χ0) is 21.8. The summed E-state index contributed by atoms with van der Waals surface area (Å²) in [5.41, 5.74) is 2.37. The number of furan rings is 1. The molecule has 156 valence electrons. The summed E-state index contributed by atoms with van der Waals surface area (Å²) < 4.78 is 7.66. The van der Waals surface area contributed by atoms with Crippen molar-refractivity contribution in [1.82, 2.24) is 4.98 Å². The van der Waals surface area contributed by atoms with Gasteiger partial charge in [0.25, 0.3) is 0 Å². The van der Waals surface area contributed by atoms with Crippen molar-refractivity contribution >= 4 is 66.2 Å². The van der Waals surface area contributed by atoms with E-state index in [-0.39, 0.29) is 11.8 Å². The largest absolute Gasteiger partial charge is 0.457 e. The van der Waals surface area contributed by atoms with E-state index in [4.69, 9.17) is 4.42 Å². The molecule has 31 heavy (non-hydrogen) atoms. The Hall–Kier alpha value is -3.23. The van der Waals surface area contributed by atoms with Gasteiger partial charge in [0.2, 0.25) is 11.8 Å². The molecule has 0 fully saturated rings. The van der Waals surface area contributed by atoms with Crippen LogP contribution >= 0.6 is 27.3 Å². The van der Waals surface area contributed by atoms with E-state index in [1.54, 1.807) is 19.1 Å². The van der Waals surface area contributed by atoms with Gasteiger partial charge in [0.15, 0.2) is 5.13 Å². The number of carbonyl (C=O) groups is 2. The van der Waals surface area contributed by atoms with Crippen molar-refractivity contribution in [3.63, 3.8) is 0 Å². The second kappa shape index (κ2) is 9.28. The molecule has 0 aliphatic heterocycles. The normalized spacial score (nSPS) is 11.2. The van der Waals surface area contributed by atoms with E-state index in [9.17, 15) is 9.59 Å². The summed E-state index contributed by atoms with van der Waals surface area (Å²) in [7, 11) is 0. The molecule has 4 aromatic rings. The zero-order valence-corrected chi connectivity index (χ0v) is 18.9. The minimum absolute atomic E-state index is 0.0843. The number of carbonyl (C=O) groups excluding carboxylic acids is 2. The second-order valence-electron chi connectivity index (χ2n) is 6.63. The Morgan fingerprint density at radius 3 is 2.68 bits per heavy atom. The highest BCUT2D eigenvalue weighted by Crippen LogP contribution is 2.29. The van der Waals surface area contributed by atoms with E-state index in [1.165, 1.54) is 17.4 Å². The molecule has 0 spiro atoms. The molecular formula is C23H18BrN3O3S. The Labute approximate surface area is 191 Å². The van der Waals surface area contributed by atoms with Crippen LogP contribution in [-0.2, 0) is 9.59 Å². The van der Waals surface area contributed by atoms with Gasteiger partial charge in [0.05, 0.1) is 10.2 Å². The first-order valence-corrected chi connectivity index (χ1v) is 11.2. The third kappa shape index (κ3) is 5.28. The van der Waals surface area contributed by atoms with Crippen molar-refractivity contribution in [1.29, 1.82) is 0 Å². The topological polar surface area (TPSA) is 84.2 Å². The van der Waals surface area contributed by atoms with Crippen molar-refractivity contribution in [2.45, 2.75) is 13.3 Å². The number of nitrogens with zero attached hydrogens (tertiary/aromatic N) is 1. The Kier molecular flexibility index (Phi) is 6.29. The van der Waals surface area contributed by atoms with Crippen LogP contribution < -0.4 is 10.6 Å². The molecular weight excluding hydrogens is 478 g/mol. The fourth-order valence-corrected chi connectivity index (χ4v) is 4.00. The number of hydrogen-bond acceptors (Lipinski definition) is 5. The predicted molar refractivity (Wildman–Crippen MR) is 128 cm³/mol. The Balaban J connectivity index is 1.41. The van der Waals surface area contributed by atoms with Gasteiger partial charge in [0, 0.05) is 28.2 Å².